The molecule has 2 heterocycles. The van der Waals surface area contributed by atoms with E-state index in [1.54, 1.807) is 11.3 Å². The molecule has 0 unspecified atom stereocenters. The molecule has 0 aliphatic carbocycles. The second-order valence-electron chi connectivity index (χ2n) is 5.97. The lowest BCUT2D eigenvalue weighted by atomic mass is 10.2. The summed E-state index contributed by atoms with van der Waals surface area (Å²) in [7, 11) is 0. The summed E-state index contributed by atoms with van der Waals surface area (Å²) < 4.78 is 3.47. The molecule has 0 spiro atoms. The van der Waals surface area contributed by atoms with Crippen LogP contribution in [-0.4, -0.2) is 20.0 Å². The van der Waals surface area contributed by atoms with Gasteiger partial charge in [0.25, 0.3) is 0 Å². The highest BCUT2D eigenvalue weighted by Gasteiger charge is 2.07. The molecule has 0 aliphatic heterocycles. The Labute approximate surface area is 153 Å². The lowest BCUT2D eigenvalue weighted by molar-refractivity contribution is 0.800. The van der Waals surface area contributed by atoms with Gasteiger partial charge in [-0.15, -0.1) is 5.10 Å². The molecular weight excluding hydrogens is 342 g/mol. The molecule has 0 fully saturated rings. The molecule has 1 N–H and O–H groups in total. The second kappa shape index (κ2) is 6.24. The van der Waals surface area contributed by atoms with Gasteiger partial charge in [0.15, 0.2) is 4.80 Å². The molecule has 5 aromatic rings. The van der Waals surface area contributed by atoms with Crippen LogP contribution in [0.15, 0.2) is 71.7 Å². The second-order valence-corrected chi connectivity index (χ2v) is 6.98. The van der Waals surface area contributed by atoms with Gasteiger partial charge in [0, 0.05) is 6.07 Å². The van der Waals surface area contributed by atoms with Crippen LogP contribution in [0.5, 0.6) is 0 Å². The Morgan fingerprint density at radius 2 is 1.92 bits per heavy atom. The molecule has 5 nitrogen and oxygen atoms in total. The van der Waals surface area contributed by atoms with E-state index in [1.165, 1.54) is 15.8 Å². The summed E-state index contributed by atoms with van der Waals surface area (Å²) in [5, 5.41) is 10.6. The number of hydrogen-bond acceptors (Lipinski definition) is 4. The SMILES string of the molecule is [c]1cc(/N=c2\sc3ccccc3n2Cc2ccccc2)cc2[nH]nnc12. The van der Waals surface area contributed by atoms with Gasteiger partial charge in [-0.2, -0.15) is 0 Å². The van der Waals surface area contributed by atoms with E-state index >= 15 is 0 Å². The van der Waals surface area contributed by atoms with Gasteiger partial charge in [0.05, 0.1) is 28.0 Å². The number of thiazole rings is 1. The normalized spacial score (nSPS) is 12.2. The number of hydrogen-bond donors (Lipinski definition) is 1. The van der Waals surface area contributed by atoms with Gasteiger partial charge in [0.2, 0.25) is 0 Å². The zero-order valence-corrected chi connectivity index (χ0v) is 14.6. The molecular formula is C20H14N5S. The molecule has 3 aromatic carbocycles. The van der Waals surface area contributed by atoms with Crippen LogP contribution in [0.2, 0.25) is 0 Å². The van der Waals surface area contributed by atoms with Crippen molar-refractivity contribution in [3.63, 3.8) is 0 Å². The quantitative estimate of drug-likeness (QED) is 0.530. The summed E-state index contributed by atoms with van der Waals surface area (Å²) in [5.74, 6) is 0. The van der Waals surface area contributed by atoms with Crippen molar-refractivity contribution in [3.05, 3.63) is 83.2 Å². The van der Waals surface area contributed by atoms with E-state index in [0.717, 1.165) is 28.1 Å². The summed E-state index contributed by atoms with van der Waals surface area (Å²) in [6.07, 6.45) is 0. The van der Waals surface area contributed by atoms with Crippen LogP contribution < -0.4 is 4.80 Å². The summed E-state index contributed by atoms with van der Waals surface area (Å²) in [4.78, 5) is 5.83. The van der Waals surface area contributed by atoms with Crippen LogP contribution in [0.4, 0.5) is 5.69 Å². The third-order valence-electron chi connectivity index (χ3n) is 4.22. The minimum absolute atomic E-state index is 0.720. The zero-order chi connectivity index (χ0) is 17.3. The topological polar surface area (TPSA) is 58.9 Å². The minimum Gasteiger partial charge on any atom is -0.312 e. The van der Waals surface area contributed by atoms with Crippen LogP contribution in [0.1, 0.15) is 5.56 Å². The highest BCUT2D eigenvalue weighted by molar-refractivity contribution is 7.16. The molecule has 0 atom stereocenters. The number of benzene rings is 3. The maximum Gasteiger partial charge on any atom is 0.191 e. The maximum absolute atomic E-state index is 4.88. The Balaban J connectivity index is 1.69. The number of H-pyrrole nitrogens is 1. The van der Waals surface area contributed by atoms with Crippen molar-refractivity contribution >= 4 is 38.3 Å². The number of nitrogens with one attached hydrogen (secondary N) is 1. The molecule has 6 heteroatoms. The van der Waals surface area contributed by atoms with Gasteiger partial charge in [-0.05, 0) is 29.8 Å². The summed E-state index contributed by atoms with van der Waals surface area (Å²) in [6, 6.07) is 25.8. The predicted octanol–water partition coefficient (Wildman–Crippen LogP) is 4.05. The Kier molecular flexibility index (Phi) is 3.61. The Morgan fingerprint density at radius 1 is 1.08 bits per heavy atom. The molecule has 1 radical (unpaired) electrons. The van der Waals surface area contributed by atoms with Crippen molar-refractivity contribution in [2.45, 2.75) is 6.54 Å². The Hall–Kier alpha value is -3.25. The number of fused-ring (bicyclic) bond motifs is 2. The van der Waals surface area contributed by atoms with Crippen LogP contribution in [0, 0.1) is 6.07 Å². The van der Waals surface area contributed by atoms with Gasteiger partial charge in [0.1, 0.15) is 5.52 Å². The largest absolute Gasteiger partial charge is 0.312 e. The van der Waals surface area contributed by atoms with E-state index in [0.29, 0.717) is 0 Å². The smallest absolute Gasteiger partial charge is 0.191 e. The standard InChI is InChI=1S/C20H14N5S/c1-2-6-14(7-3-1)13-25-18-8-4-5-9-19(18)26-20(25)21-15-10-11-16-17(12-15)23-24-22-16/h1-10,12H,13H2,(H,22,23,24)/b21-20-. The van der Waals surface area contributed by atoms with Crippen LogP contribution in [-0.2, 0) is 6.54 Å². The number of nitrogens with zero attached hydrogens (tertiary/aromatic N) is 4. The van der Waals surface area contributed by atoms with Crippen molar-refractivity contribution in [1.82, 2.24) is 20.0 Å². The lowest BCUT2D eigenvalue weighted by Crippen LogP contribution is -2.15. The number of aromatic amines is 1. The average molecular weight is 356 g/mol. The fourth-order valence-corrected chi connectivity index (χ4v) is 4.02. The van der Waals surface area contributed by atoms with Gasteiger partial charge in [-0.25, -0.2) is 4.99 Å². The van der Waals surface area contributed by atoms with Crippen molar-refractivity contribution in [1.29, 1.82) is 0 Å². The summed E-state index contributed by atoms with van der Waals surface area (Å²) >= 11 is 1.69. The Morgan fingerprint density at radius 3 is 2.85 bits per heavy atom. The first-order valence-electron chi connectivity index (χ1n) is 8.26. The first kappa shape index (κ1) is 15.0. The van der Waals surface area contributed by atoms with Crippen LogP contribution >= 0.6 is 11.3 Å². The predicted molar refractivity (Wildman–Crippen MR) is 103 cm³/mol. The molecule has 26 heavy (non-hydrogen) atoms. The van der Waals surface area contributed by atoms with Crippen LogP contribution in [0.3, 0.4) is 0 Å². The number of aromatic nitrogens is 4. The first-order valence-corrected chi connectivity index (χ1v) is 9.08. The van der Waals surface area contributed by atoms with Crippen molar-refractivity contribution in [2.75, 3.05) is 0 Å². The molecule has 0 aliphatic rings. The van der Waals surface area contributed by atoms with Crippen molar-refractivity contribution < 1.29 is 0 Å². The molecule has 0 saturated carbocycles. The van der Waals surface area contributed by atoms with Gasteiger partial charge in [-0.3, -0.25) is 5.10 Å². The summed E-state index contributed by atoms with van der Waals surface area (Å²) in [5.41, 5.74) is 4.82. The highest BCUT2D eigenvalue weighted by Crippen LogP contribution is 2.21. The fourth-order valence-electron chi connectivity index (χ4n) is 2.97. The zero-order valence-electron chi connectivity index (χ0n) is 13.8. The van der Waals surface area contributed by atoms with E-state index in [1.807, 2.05) is 18.2 Å². The van der Waals surface area contributed by atoms with E-state index < -0.39 is 0 Å². The third kappa shape index (κ3) is 2.70. The average Bonchev–Trinajstić information content (AvgIpc) is 3.27. The van der Waals surface area contributed by atoms with Gasteiger partial charge in [-0.1, -0.05) is 59.0 Å². The first-order chi connectivity index (χ1) is 12.9. The van der Waals surface area contributed by atoms with Gasteiger partial charge >= 0.3 is 0 Å². The third-order valence-corrected chi connectivity index (χ3v) is 5.28. The summed E-state index contributed by atoms with van der Waals surface area (Å²) in [6.45, 7) is 0.779. The van der Waals surface area contributed by atoms with Gasteiger partial charge < -0.3 is 4.57 Å². The molecule has 0 amide bonds. The number of rotatable bonds is 3. The number of para-hydroxylation sites is 1. The van der Waals surface area contributed by atoms with Crippen molar-refractivity contribution in [2.24, 2.45) is 4.99 Å². The van der Waals surface area contributed by atoms with E-state index in [9.17, 15) is 0 Å². The monoisotopic (exact) mass is 356 g/mol. The van der Waals surface area contributed by atoms with E-state index in [4.69, 9.17) is 4.99 Å². The maximum atomic E-state index is 4.88. The molecule has 125 valence electrons. The van der Waals surface area contributed by atoms with E-state index in [2.05, 4.69) is 74.6 Å². The fraction of sp³-hybridized carbons (Fsp3) is 0.0500. The van der Waals surface area contributed by atoms with Crippen molar-refractivity contribution in [3.8, 4) is 0 Å². The highest BCUT2D eigenvalue weighted by atomic mass is 32.1. The minimum atomic E-state index is 0.720. The van der Waals surface area contributed by atoms with Crippen LogP contribution in [0.25, 0.3) is 21.3 Å². The van der Waals surface area contributed by atoms with E-state index in [-0.39, 0.29) is 0 Å². The molecule has 0 bridgehead atoms. The molecule has 0 saturated heterocycles. The Bertz CT molecular complexity index is 1260. The molecule has 5 rings (SSSR count). The molecule has 2 aromatic heterocycles. The lowest BCUT2D eigenvalue weighted by Gasteiger charge is -2.05.